The predicted molar refractivity (Wildman–Crippen MR) is 145 cm³/mol. The van der Waals surface area contributed by atoms with E-state index in [0.717, 1.165) is 35.0 Å². The van der Waals surface area contributed by atoms with Crippen molar-refractivity contribution in [3.8, 4) is 11.5 Å². The molecule has 0 aliphatic heterocycles. The van der Waals surface area contributed by atoms with Crippen molar-refractivity contribution in [3.05, 3.63) is 95.6 Å². The molecule has 0 aliphatic carbocycles. The maximum absolute atomic E-state index is 12.1. The molecular weight excluding hydrogens is 527 g/mol. The van der Waals surface area contributed by atoms with Crippen LogP contribution in [0.4, 0.5) is 0 Å². The van der Waals surface area contributed by atoms with Crippen molar-refractivity contribution in [1.82, 2.24) is 15.5 Å². The zero-order valence-electron chi connectivity index (χ0n) is 19.2. The smallest absolute Gasteiger partial charge is 0.253 e. The van der Waals surface area contributed by atoms with E-state index in [1.165, 1.54) is 0 Å². The zero-order chi connectivity index (χ0) is 22.8. The van der Waals surface area contributed by atoms with E-state index in [1.54, 1.807) is 26.0 Å². The largest absolute Gasteiger partial charge is 0.457 e. The third-order valence-corrected chi connectivity index (χ3v) is 4.87. The van der Waals surface area contributed by atoms with Gasteiger partial charge < -0.3 is 20.3 Å². The molecule has 3 aromatic rings. The number of para-hydroxylation sites is 1. The molecular formula is C26H31IN4O2. The summed E-state index contributed by atoms with van der Waals surface area (Å²) in [5.41, 5.74) is 2.94. The average molecular weight is 558 g/mol. The Bertz CT molecular complexity index is 1040. The molecule has 0 fully saturated rings. The molecule has 0 heterocycles. The van der Waals surface area contributed by atoms with Gasteiger partial charge in [0.15, 0.2) is 5.96 Å². The van der Waals surface area contributed by atoms with Crippen LogP contribution in [0.15, 0.2) is 83.9 Å². The van der Waals surface area contributed by atoms with Crippen molar-refractivity contribution >= 4 is 35.8 Å². The van der Waals surface area contributed by atoms with Crippen LogP contribution < -0.4 is 15.4 Å². The van der Waals surface area contributed by atoms with E-state index in [4.69, 9.17) is 4.74 Å². The van der Waals surface area contributed by atoms with Crippen molar-refractivity contribution < 1.29 is 9.53 Å². The number of halogens is 1. The molecule has 0 saturated heterocycles. The van der Waals surface area contributed by atoms with Gasteiger partial charge in [-0.25, -0.2) is 0 Å². The number of benzene rings is 3. The van der Waals surface area contributed by atoms with E-state index in [2.05, 4.69) is 15.6 Å². The molecule has 174 valence electrons. The third kappa shape index (κ3) is 8.42. The standard InChI is InChI=1S/C26H30N4O2.HI/c1-27-26(28-17-16-20-8-7-9-22(18-20)25(31)30(2)3)29-19-21-12-14-24(15-13-21)32-23-10-5-4-6-11-23;/h4-15,18H,16-17,19H2,1-3H3,(H2,27,28,29);1H. The van der Waals surface area contributed by atoms with Gasteiger partial charge in [0.05, 0.1) is 0 Å². The Balaban J connectivity index is 0.00000385. The van der Waals surface area contributed by atoms with Gasteiger partial charge in [-0.2, -0.15) is 0 Å². The Morgan fingerprint density at radius 1 is 0.879 bits per heavy atom. The summed E-state index contributed by atoms with van der Waals surface area (Å²) in [6.07, 6.45) is 0.792. The highest BCUT2D eigenvalue weighted by molar-refractivity contribution is 14.0. The number of ether oxygens (including phenoxy) is 1. The van der Waals surface area contributed by atoms with Crippen LogP contribution in [0, 0.1) is 0 Å². The normalized spacial score (nSPS) is 10.7. The number of hydrogen-bond donors (Lipinski definition) is 2. The molecule has 0 radical (unpaired) electrons. The molecule has 0 aliphatic rings. The fourth-order valence-electron chi connectivity index (χ4n) is 3.15. The van der Waals surface area contributed by atoms with E-state index in [1.807, 2.05) is 78.9 Å². The first-order valence-electron chi connectivity index (χ1n) is 10.6. The van der Waals surface area contributed by atoms with Gasteiger partial charge in [0.25, 0.3) is 5.91 Å². The third-order valence-electron chi connectivity index (χ3n) is 4.87. The molecule has 3 rings (SSSR count). The summed E-state index contributed by atoms with van der Waals surface area (Å²) in [6, 6.07) is 25.5. The molecule has 33 heavy (non-hydrogen) atoms. The SMILES string of the molecule is CN=C(NCCc1cccc(C(=O)N(C)C)c1)NCc1ccc(Oc2ccccc2)cc1.I. The Morgan fingerprint density at radius 3 is 2.24 bits per heavy atom. The zero-order valence-corrected chi connectivity index (χ0v) is 21.6. The molecule has 0 bridgehead atoms. The summed E-state index contributed by atoms with van der Waals surface area (Å²) in [5, 5.41) is 6.65. The summed E-state index contributed by atoms with van der Waals surface area (Å²) in [7, 11) is 5.27. The fraction of sp³-hybridized carbons (Fsp3) is 0.231. The lowest BCUT2D eigenvalue weighted by atomic mass is 10.1. The van der Waals surface area contributed by atoms with Gasteiger partial charge in [0.2, 0.25) is 0 Å². The number of nitrogens with zero attached hydrogens (tertiary/aromatic N) is 2. The van der Waals surface area contributed by atoms with Crippen LogP contribution in [0.3, 0.4) is 0 Å². The summed E-state index contributed by atoms with van der Waals surface area (Å²) in [6.45, 7) is 1.36. The minimum absolute atomic E-state index is 0. The van der Waals surface area contributed by atoms with Gasteiger partial charge in [0, 0.05) is 39.8 Å². The van der Waals surface area contributed by atoms with Gasteiger partial charge in [0.1, 0.15) is 11.5 Å². The lowest BCUT2D eigenvalue weighted by Gasteiger charge is -2.13. The molecule has 0 spiro atoms. The van der Waals surface area contributed by atoms with E-state index in [9.17, 15) is 4.79 Å². The Labute approximate surface area is 213 Å². The number of aliphatic imine (C=N–C) groups is 1. The Kier molecular flexibility index (Phi) is 10.7. The Hall–Kier alpha value is -3.07. The molecule has 6 nitrogen and oxygen atoms in total. The van der Waals surface area contributed by atoms with Crippen LogP contribution in [0.2, 0.25) is 0 Å². The molecule has 0 saturated carbocycles. The number of rotatable bonds is 8. The number of carbonyl (C=O) groups is 1. The highest BCUT2D eigenvalue weighted by atomic mass is 127. The van der Waals surface area contributed by atoms with Gasteiger partial charge in [-0.15, -0.1) is 24.0 Å². The van der Waals surface area contributed by atoms with Crippen LogP contribution in [0.5, 0.6) is 11.5 Å². The maximum atomic E-state index is 12.1. The van der Waals surface area contributed by atoms with Crippen LogP contribution >= 0.6 is 24.0 Å². The molecule has 2 N–H and O–H groups in total. The summed E-state index contributed by atoms with van der Waals surface area (Å²) >= 11 is 0. The predicted octanol–water partition coefficient (Wildman–Crippen LogP) is 4.71. The molecule has 7 heteroatoms. The average Bonchev–Trinajstić information content (AvgIpc) is 2.82. The highest BCUT2D eigenvalue weighted by Gasteiger charge is 2.08. The van der Waals surface area contributed by atoms with E-state index < -0.39 is 0 Å². The first-order valence-corrected chi connectivity index (χ1v) is 10.6. The second-order valence-corrected chi connectivity index (χ2v) is 7.56. The summed E-state index contributed by atoms with van der Waals surface area (Å²) < 4.78 is 5.83. The van der Waals surface area contributed by atoms with Crippen molar-refractivity contribution in [2.45, 2.75) is 13.0 Å². The fourth-order valence-corrected chi connectivity index (χ4v) is 3.15. The maximum Gasteiger partial charge on any atom is 0.253 e. The van der Waals surface area contributed by atoms with Crippen LogP contribution in [-0.4, -0.2) is 44.5 Å². The van der Waals surface area contributed by atoms with Crippen molar-refractivity contribution in [2.75, 3.05) is 27.7 Å². The first kappa shape index (κ1) is 26.2. The molecule has 3 aromatic carbocycles. The lowest BCUT2D eigenvalue weighted by molar-refractivity contribution is 0.0827. The van der Waals surface area contributed by atoms with Crippen molar-refractivity contribution in [2.24, 2.45) is 4.99 Å². The molecule has 1 amide bonds. The highest BCUT2D eigenvalue weighted by Crippen LogP contribution is 2.21. The monoisotopic (exact) mass is 558 g/mol. The summed E-state index contributed by atoms with van der Waals surface area (Å²) in [4.78, 5) is 18.0. The number of carbonyl (C=O) groups excluding carboxylic acids is 1. The lowest BCUT2D eigenvalue weighted by Crippen LogP contribution is -2.37. The molecule has 0 unspecified atom stereocenters. The number of nitrogens with one attached hydrogen (secondary N) is 2. The van der Waals surface area contributed by atoms with Gasteiger partial charge in [-0.3, -0.25) is 9.79 Å². The summed E-state index contributed by atoms with van der Waals surface area (Å²) in [5.74, 6) is 2.37. The minimum Gasteiger partial charge on any atom is -0.457 e. The number of hydrogen-bond acceptors (Lipinski definition) is 3. The number of guanidine groups is 1. The quantitative estimate of drug-likeness (QED) is 0.239. The first-order chi connectivity index (χ1) is 15.5. The van der Waals surface area contributed by atoms with E-state index >= 15 is 0 Å². The van der Waals surface area contributed by atoms with Gasteiger partial charge in [-0.1, -0.05) is 42.5 Å². The van der Waals surface area contributed by atoms with Crippen molar-refractivity contribution in [3.63, 3.8) is 0 Å². The molecule has 0 aromatic heterocycles. The van der Waals surface area contributed by atoms with E-state index in [-0.39, 0.29) is 29.9 Å². The molecule has 0 atom stereocenters. The number of amides is 1. The van der Waals surface area contributed by atoms with Crippen molar-refractivity contribution in [1.29, 1.82) is 0 Å². The van der Waals surface area contributed by atoms with E-state index in [0.29, 0.717) is 18.7 Å². The van der Waals surface area contributed by atoms with Crippen LogP contribution in [0.1, 0.15) is 21.5 Å². The van der Waals surface area contributed by atoms with Crippen LogP contribution in [-0.2, 0) is 13.0 Å². The van der Waals surface area contributed by atoms with Gasteiger partial charge >= 0.3 is 0 Å². The Morgan fingerprint density at radius 2 is 1.58 bits per heavy atom. The topological polar surface area (TPSA) is 66.0 Å². The van der Waals surface area contributed by atoms with Gasteiger partial charge in [-0.05, 0) is 53.9 Å². The van der Waals surface area contributed by atoms with Crippen LogP contribution in [0.25, 0.3) is 0 Å². The second-order valence-electron chi connectivity index (χ2n) is 7.56. The minimum atomic E-state index is 0. The second kappa shape index (κ2) is 13.5.